The van der Waals surface area contributed by atoms with E-state index >= 15 is 0 Å². The van der Waals surface area contributed by atoms with Crippen LogP contribution >= 0.6 is 0 Å². The Morgan fingerprint density at radius 3 is 2.24 bits per heavy atom. The molecule has 5 rings (SSSR count). The van der Waals surface area contributed by atoms with E-state index in [1.165, 1.54) is 69.8 Å². The fourth-order valence-electron chi connectivity index (χ4n) is 12.0. The molecule has 0 heterocycles. The minimum atomic E-state index is -0.119. The lowest BCUT2D eigenvalue weighted by Gasteiger charge is -2.73. The Morgan fingerprint density at radius 2 is 1.61 bits per heavy atom. The van der Waals surface area contributed by atoms with Crippen molar-refractivity contribution in [1.82, 2.24) is 0 Å². The molecule has 5 aliphatic rings. The van der Waals surface area contributed by atoms with E-state index in [1.807, 2.05) is 0 Å². The molecular weight excluding hydrogens is 402 g/mol. The highest BCUT2D eigenvalue weighted by atomic mass is 16.3. The normalized spacial score (nSPS) is 58.1. The summed E-state index contributed by atoms with van der Waals surface area (Å²) in [7, 11) is 0. The van der Waals surface area contributed by atoms with Crippen LogP contribution in [0.2, 0.25) is 0 Å². The third-order valence-corrected chi connectivity index (χ3v) is 14.2. The molecule has 0 bridgehead atoms. The molecule has 0 amide bonds. The number of hydrogen-bond donors (Lipinski definition) is 2. The molecule has 5 fully saturated rings. The lowest BCUT2D eigenvalue weighted by atomic mass is 9.32. The van der Waals surface area contributed by atoms with Gasteiger partial charge in [0.1, 0.15) is 0 Å². The minimum Gasteiger partial charge on any atom is -0.396 e. The maximum atomic E-state index is 10.5. The average molecular weight is 456 g/mol. The van der Waals surface area contributed by atoms with Crippen molar-refractivity contribution in [1.29, 1.82) is 0 Å². The van der Waals surface area contributed by atoms with Crippen molar-refractivity contribution < 1.29 is 5.11 Å². The van der Waals surface area contributed by atoms with Crippen LogP contribution in [-0.2, 0) is 0 Å². The van der Waals surface area contributed by atoms with E-state index in [2.05, 4.69) is 48.1 Å². The molecule has 0 aromatic rings. The molecule has 3 N–H and O–H groups in total. The van der Waals surface area contributed by atoms with Crippen molar-refractivity contribution in [3.63, 3.8) is 0 Å². The summed E-state index contributed by atoms with van der Waals surface area (Å²) in [6.07, 6.45) is 14.8. The molecule has 0 saturated heterocycles. The highest BCUT2D eigenvalue weighted by Crippen LogP contribution is 2.77. The van der Waals surface area contributed by atoms with E-state index in [1.54, 1.807) is 0 Å². The number of hydrogen-bond acceptors (Lipinski definition) is 2. The molecule has 0 spiro atoms. The number of allylic oxidation sites excluding steroid dienone is 1. The molecule has 2 nitrogen and oxygen atoms in total. The van der Waals surface area contributed by atoms with Gasteiger partial charge in [0.05, 0.1) is 6.61 Å². The second-order valence-corrected chi connectivity index (χ2v) is 14.7. The standard InChI is InChI=1S/C31H53NO/c1-8-31-16-11-21(20(2)3)26(31)22-9-10-24-27(4)14-13-25(32)28(5,19-33)23(27)12-15-30(24,7)29(22,6)17-18-31/h21-26,33H,2,8-19,32H2,1,3-7H3/t21-,22+,23+,24+,25?,26+,27-,28+,29+,30+,31+/m0/s1. The highest BCUT2D eigenvalue weighted by Gasteiger charge is 2.70. The Kier molecular flexibility index (Phi) is 5.60. The van der Waals surface area contributed by atoms with Gasteiger partial charge in [0.25, 0.3) is 0 Å². The zero-order chi connectivity index (χ0) is 24.0. The number of aliphatic hydroxyl groups is 1. The Balaban J connectivity index is 1.55. The van der Waals surface area contributed by atoms with Gasteiger partial charge in [-0.15, -0.1) is 0 Å². The molecule has 1 unspecified atom stereocenters. The maximum absolute atomic E-state index is 10.5. The molecule has 33 heavy (non-hydrogen) atoms. The highest BCUT2D eigenvalue weighted by molar-refractivity contribution is 5.21. The van der Waals surface area contributed by atoms with E-state index in [9.17, 15) is 5.11 Å². The van der Waals surface area contributed by atoms with Gasteiger partial charge in [-0.1, -0.05) is 53.2 Å². The molecule has 0 aliphatic heterocycles. The Labute approximate surface area is 204 Å². The van der Waals surface area contributed by atoms with Crippen LogP contribution in [-0.4, -0.2) is 17.8 Å². The summed E-state index contributed by atoms with van der Waals surface area (Å²) in [5.74, 6) is 3.77. The van der Waals surface area contributed by atoms with Gasteiger partial charge in [0.2, 0.25) is 0 Å². The summed E-state index contributed by atoms with van der Waals surface area (Å²) in [6, 6.07) is 0.145. The smallest absolute Gasteiger partial charge is 0.0502 e. The average Bonchev–Trinajstić information content (AvgIpc) is 3.17. The van der Waals surface area contributed by atoms with Gasteiger partial charge in [-0.3, -0.25) is 0 Å². The predicted molar refractivity (Wildman–Crippen MR) is 139 cm³/mol. The number of nitrogens with two attached hydrogens (primary N) is 1. The molecule has 5 saturated carbocycles. The molecule has 0 aromatic heterocycles. The Bertz CT molecular complexity index is 807. The van der Waals surface area contributed by atoms with Crippen molar-refractivity contribution in [2.45, 2.75) is 118 Å². The van der Waals surface area contributed by atoms with E-state index < -0.39 is 0 Å². The van der Waals surface area contributed by atoms with Crippen molar-refractivity contribution in [2.75, 3.05) is 6.61 Å². The van der Waals surface area contributed by atoms with Crippen LogP contribution in [0.3, 0.4) is 0 Å². The quantitative estimate of drug-likeness (QED) is 0.437. The number of rotatable bonds is 3. The first-order valence-electron chi connectivity index (χ1n) is 14.5. The van der Waals surface area contributed by atoms with E-state index in [4.69, 9.17) is 5.73 Å². The summed E-state index contributed by atoms with van der Waals surface area (Å²) in [6.45, 7) is 20.0. The maximum Gasteiger partial charge on any atom is 0.0502 e. The Hall–Kier alpha value is -0.340. The van der Waals surface area contributed by atoms with Crippen molar-refractivity contribution in [3.05, 3.63) is 12.2 Å². The van der Waals surface area contributed by atoms with E-state index in [0.29, 0.717) is 27.6 Å². The Morgan fingerprint density at radius 1 is 0.879 bits per heavy atom. The molecule has 188 valence electrons. The lowest BCUT2D eigenvalue weighted by Crippen LogP contribution is -2.68. The number of fused-ring (bicyclic) bond motifs is 7. The lowest BCUT2D eigenvalue weighted by molar-refractivity contribution is -0.242. The SMILES string of the molecule is C=C(C)[C@@H]1CC[C@]2(CC)CC[C@]3(C)[C@H](CC[C@@H]4[C@@]5(C)CCC(N)[C@](C)(CO)[C@@H]5CC[C@]43C)[C@@H]12. The second-order valence-electron chi connectivity index (χ2n) is 14.7. The fraction of sp³-hybridized carbons (Fsp3) is 0.935. The first kappa shape index (κ1) is 24.4. The van der Waals surface area contributed by atoms with E-state index in [-0.39, 0.29) is 18.1 Å². The van der Waals surface area contributed by atoms with Gasteiger partial charge in [0, 0.05) is 11.5 Å². The molecular formula is C31H53NO. The van der Waals surface area contributed by atoms with Crippen LogP contribution in [0.5, 0.6) is 0 Å². The van der Waals surface area contributed by atoms with E-state index in [0.717, 1.165) is 30.1 Å². The van der Waals surface area contributed by atoms with Crippen molar-refractivity contribution >= 4 is 0 Å². The topological polar surface area (TPSA) is 46.2 Å². The molecule has 0 radical (unpaired) electrons. The van der Waals surface area contributed by atoms with Crippen molar-refractivity contribution in [3.8, 4) is 0 Å². The van der Waals surface area contributed by atoms with Gasteiger partial charge in [0.15, 0.2) is 0 Å². The second kappa shape index (κ2) is 7.58. The van der Waals surface area contributed by atoms with Gasteiger partial charge in [-0.25, -0.2) is 0 Å². The third kappa shape index (κ3) is 2.86. The first-order chi connectivity index (χ1) is 15.4. The molecule has 0 aromatic carbocycles. The third-order valence-electron chi connectivity index (χ3n) is 14.2. The van der Waals surface area contributed by atoms with Crippen LogP contribution < -0.4 is 5.73 Å². The number of aliphatic hydroxyl groups excluding tert-OH is 1. The largest absolute Gasteiger partial charge is 0.396 e. The molecule has 11 atom stereocenters. The summed E-state index contributed by atoms with van der Waals surface area (Å²) in [5.41, 5.74) is 9.75. The molecule has 2 heteroatoms. The van der Waals surface area contributed by atoms with Crippen LogP contribution in [0, 0.1) is 56.7 Å². The molecule has 5 aliphatic carbocycles. The van der Waals surface area contributed by atoms with Gasteiger partial charge in [-0.05, 0) is 122 Å². The van der Waals surface area contributed by atoms with Crippen LogP contribution in [0.25, 0.3) is 0 Å². The minimum absolute atomic E-state index is 0.119. The summed E-state index contributed by atoms with van der Waals surface area (Å²) < 4.78 is 0. The monoisotopic (exact) mass is 455 g/mol. The van der Waals surface area contributed by atoms with Crippen molar-refractivity contribution in [2.24, 2.45) is 62.4 Å². The zero-order valence-electron chi connectivity index (χ0n) is 22.7. The zero-order valence-corrected chi connectivity index (χ0v) is 22.7. The summed E-state index contributed by atoms with van der Waals surface area (Å²) in [4.78, 5) is 0. The first-order valence-corrected chi connectivity index (χ1v) is 14.5. The van der Waals surface area contributed by atoms with Gasteiger partial charge >= 0.3 is 0 Å². The van der Waals surface area contributed by atoms with Crippen LogP contribution in [0.4, 0.5) is 0 Å². The van der Waals surface area contributed by atoms with Gasteiger partial charge < -0.3 is 10.8 Å². The summed E-state index contributed by atoms with van der Waals surface area (Å²) >= 11 is 0. The predicted octanol–water partition coefficient (Wildman–Crippen LogP) is 7.35. The fourth-order valence-corrected chi connectivity index (χ4v) is 12.0. The van der Waals surface area contributed by atoms with Crippen LogP contribution in [0.15, 0.2) is 12.2 Å². The van der Waals surface area contributed by atoms with Crippen LogP contribution in [0.1, 0.15) is 112 Å². The van der Waals surface area contributed by atoms with Gasteiger partial charge in [-0.2, -0.15) is 0 Å². The summed E-state index contributed by atoms with van der Waals surface area (Å²) in [5, 5.41) is 10.5.